The summed E-state index contributed by atoms with van der Waals surface area (Å²) in [6.45, 7) is -0.510. The zero-order valence-electron chi connectivity index (χ0n) is 17.4. The lowest BCUT2D eigenvalue weighted by atomic mass is 10.2. The number of nitro benzene ring substituents is 1. The van der Waals surface area contributed by atoms with Crippen molar-refractivity contribution in [3.8, 4) is 5.69 Å². The van der Waals surface area contributed by atoms with Crippen LogP contribution in [0.5, 0.6) is 0 Å². The van der Waals surface area contributed by atoms with Crippen molar-refractivity contribution in [1.29, 1.82) is 0 Å². The molecule has 0 bridgehead atoms. The molecule has 0 saturated carbocycles. The standard InChI is InChI=1S/C20H14N6O6S2/c1-32-17(27)11-24-18(28)16(34-20(24)29)10-12-7-8-15(14(9-12)26(30)31)33-19-21-22-23-25(19)13-5-3-2-4-6-13/h2-10H,11H2,1H3/b16-10-. The number of hydrogen-bond acceptors (Lipinski definition) is 11. The highest BCUT2D eigenvalue weighted by molar-refractivity contribution is 8.18. The molecule has 34 heavy (non-hydrogen) atoms. The number of esters is 1. The molecule has 1 fully saturated rings. The first kappa shape index (κ1) is 23.1. The summed E-state index contributed by atoms with van der Waals surface area (Å²) in [6, 6.07) is 13.4. The largest absolute Gasteiger partial charge is 0.468 e. The molecule has 14 heteroatoms. The van der Waals surface area contributed by atoms with E-state index in [2.05, 4.69) is 20.3 Å². The van der Waals surface area contributed by atoms with Crippen LogP contribution in [0.2, 0.25) is 0 Å². The number of ether oxygens (including phenoxy) is 1. The van der Waals surface area contributed by atoms with Crippen molar-refractivity contribution < 1.29 is 24.0 Å². The number of nitro groups is 1. The molecule has 172 valence electrons. The number of methoxy groups -OCH3 is 1. The van der Waals surface area contributed by atoms with Crippen molar-refractivity contribution in [3.05, 3.63) is 69.1 Å². The zero-order chi connectivity index (χ0) is 24.2. The first-order valence-corrected chi connectivity index (χ1v) is 11.1. The Morgan fingerprint density at radius 1 is 1.24 bits per heavy atom. The van der Waals surface area contributed by atoms with Crippen molar-refractivity contribution in [2.45, 2.75) is 10.1 Å². The number of aromatic nitrogens is 4. The van der Waals surface area contributed by atoms with E-state index in [1.54, 1.807) is 18.2 Å². The number of imide groups is 1. The summed E-state index contributed by atoms with van der Waals surface area (Å²) in [7, 11) is 1.15. The van der Waals surface area contributed by atoms with Crippen molar-refractivity contribution in [1.82, 2.24) is 25.1 Å². The van der Waals surface area contributed by atoms with Crippen LogP contribution in [0.4, 0.5) is 10.5 Å². The zero-order valence-corrected chi connectivity index (χ0v) is 19.0. The monoisotopic (exact) mass is 498 g/mol. The molecule has 1 aromatic heterocycles. The van der Waals surface area contributed by atoms with Crippen LogP contribution in [0.25, 0.3) is 11.8 Å². The number of carbonyl (C=O) groups is 3. The Morgan fingerprint density at radius 3 is 2.71 bits per heavy atom. The third-order valence-corrected chi connectivity index (χ3v) is 6.42. The lowest BCUT2D eigenvalue weighted by Gasteiger charge is -2.09. The summed E-state index contributed by atoms with van der Waals surface area (Å²) in [5, 5.41) is 23.0. The molecule has 0 atom stereocenters. The average molecular weight is 499 g/mol. The Labute approximate surface area is 200 Å². The highest BCUT2D eigenvalue weighted by Crippen LogP contribution is 2.37. The van der Waals surface area contributed by atoms with Crippen LogP contribution in [0, 0.1) is 10.1 Å². The van der Waals surface area contributed by atoms with E-state index < -0.39 is 28.6 Å². The minimum Gasteiger partial charge on any atom is -0.468 e. The third-order valence-electron chi connectivity index (χ3n) is 4.51. The van der Waals surface area contributed by atoms with Crippen molar-refractivity contribution in [3.63, 3.8) is 0 Å². The third kappa shape index (κ3) is 4.82. The molecule has 1 saturated heterocycles. The quantitative estimate of drug-likeness (QED) is 0.205. The van der Waals surface area contributed by atoms with Gasteiger partial charge < -0.3 is 4.74 Å². The van der Waals surface area contributed by atoms with Gasteiger partial charge in [-0.1, -0.05) is 24.3 Å². The predicted molar refractivity (Wildman–Crippen MR) is 121 cm³/mol. The molecule has 0 unspecified atom stereocenters. The fourth-order valence-electron chi connectivity index (χ4n) is 2.91. The van der Waals surface area contributed by atoms with E-state index in [1.165, 1.54) is 22.9 Å². The maximum atomic E-state index is 12.5. The summed E-state index contributed by atoms with van der Waals surface area (Å²) in [6.07, 6.45) is 1.36. The van der Waals surface area contributed by atoms with Crippen LogP contribution in [-0.2, 0) is 14.3 Å². The molecule has 0 aliphatic carbocycles. The van der Waals surface area contributed by atoms with Gasteiger partial charge in [-0.15, -0.1) is 5.10 Å². The van der Waals surface area contributed by atoms with Crippen LogP contribution in [0.3, 0.4) is 0 Å². The Morgan fingerprint density at radius 2 is 2.00 bits per heavy atom. The van der Waals surface area contributed by atoms with Gasteiger partial charge in [0.15, 0.2) is 0 Å². The van der Waals surface area contributed by atoms with Gasteiger partial charge in [0, 0.05) is 6.07 Å². The van der Waals surface area contributed by atoms with E-state index in [0.29, 0.717) is 28.2 Å². The summed E-state index contributed by atoms with van der Waals surface area (Å²) < 4.78 is 5.95. The van der Waals surface area contributed by atoms with Crippen LogP contribution >= 0.6 is 23.5 Å². The lowest BCUT2D eigenvalue weighted by molar-refractivity contribution is -0.387. The molecule has 0 spiro atoms. The predicted octanol–water partition coefficient (Wildman–Crippen LogP) is 2.93. The molecular weight excluding hydrogens is 484 g/mol. The topological polar surface area (TPSA) is 150 Å². The Balaban J connectivity index is 1.61. The molecule has 1 aliphatic rings. The van der Waals surface area contributed by atoms with E-state index in [0.717, 1.165) is 23.8 Å². The van der Waals surface area contributed by atoms with Gasteiger partial charge in [-0.25, -0.2) is 0 Å². The van der Waals surface area contributed by atoms with Crippen LogP contribution < -0.4 is 0 Å². The smallest absolute Gasteiger partial charge is 0.325 e. The van der Waals surface area contributed by atoms with Crippen LogP contribution in [0.15, 0.2) is 63.5 Å². The van der Waals surface area contributed by atoms with Gasteiger partial charge in [-0.3, -0.25) is 29.4 Å². The summed E-state index contributed by atoms with van der Waals surface area (Å²) in [4.78, 5) is 48.3. The molecule has 0 radical (unpaired) electrons. The van der Waals surface area contributed by atoms with Gasteiger partial charge in [-0.2, -0.15) is 4.68 Å². The first-order valence-electron chi connectivity index (χ1n) is 9.49. The summed E-state index contributed by atoms with van der Waals surface area (Å²) in [5.41, 5.74) is 0.800. The number of carbonyl (C=O) groups excluding carboxylic acids is 3. The average Bonchev–Trinajstić information content (AvgIpc) is 3.40. The van der Waals surface area contributed by atoms with Crippen LogP contribution in [-0.4, -0.2) is 60.8 Å². The number of thioether (sulfide) groups is 1. The highest BCUT2D eigenvalue weighted by atomic mass is 32.2. The maximum Gasteiger partial charge on any atom is 0.325 e. The fraction of sp³-hybridized carbons (Fsp3) is 0.100. The number of tetrazole rings is 1. The molecule has 0 N–H and O–H groups in total. The number of rotatable bonds is 7. The second kappa shape index (κ2) is 9.84. The molecule has 12 nitrogen and oxygen atoms in total. The van der Waals surface area contributed by atoms with E-state index in [9.17, 15) is 24.5 Å². The Bertz CT molecular complexity index is 1330. The highest BCUT2D eigenvalue weighted by Gasteiger charge is 2.36. The minimum absolute atomic E-state index is 0.0385. The number of para-hydroxylation sites is 1. The van der Waals surface area contributed by atoms with Gasteiger partial charge in [0.05, 0.1) is 27.5 Å². The second-order valence-corrected chi connectivity index (χ2v) is 8.64. The van der Waals surface area contributed by atoms with Gasteiger partial charge in [0.1, 0.15) is 6.54 Å². The van der Waals surface area contributed by atoms with Gasteiger partial charge in [-0.05, 0) is 63.8 Å². The molecule has 2 aromatic carbocycles. The SMILES string of the molecule is COC(=O)CN1C(=O)S/C(=C\c2ccc(Sc3nnnn3-c3ccccc3)c([N+](=O)[O-])c2)C1=O. The molecule has 3 aromatic rings. The minimum atomic E-state index is -0.738. The number of benzene rings is 2. The van der Waals surface area contributed by atoms with Crippen molar-refractivity contribution in [2.75, 3.05) is 13.7 Å². The van der Waals surface area contributed by atoms with Gasteiger partial charge in [0.2, 0.25) is 5.16 Å². The lowest BCUT2D eigenvalue weighted by Crippen LogP contribution is -2.34. The number of hydrogen-bond donors (Lipinski definition) is 0. The number of amides is 2. The molecule has 2 heterocycles. The van der Waals surface area contributed by atoms with Gasteiger partial charge in [0.25, 0.3) is 16.8 Å². The molecule has 4 rings (SSSR count). The molecular formula is C20H14N6O6S2. The van der Waals surface area contributed by atoms with E-state index in [4.69, 9.17) is 0 Å². The first-order chi connectivity index (χ1) is 16.4. The van der Waals surface area contributed by atoms with E-state index in [-0.39, 0.29) is 15.5 Å². The molecule has 1 aliphatic heterocycles. The Hall–Kier alpha value is -4.04. The van der Waals surface area contributed by atoms with Crippen molar-refractivity contribution >= 4 is 52.4 Å². The van der Waals surface area contributed by atoms with E-state index in [1.807, 2.05) is 18.2 Å². The van der Waals surface area contributed by atoms with Gasteiger partial charge >= 0.3 is 5.97 Å². The Kier molecular flexibility index (Phi) is 6.70. The molecule has 2 amide bonds. The second-order valence-electron chi connectivity index (χ2n) is 6.64. The van der Waals surface area contributed by atoms with E-state index >= 15 is 0 Å². The van der Waals surface area contributed by atoms with Crippen molar-refractivity contribution in [2.24, 2.45) is 0 Å². The summed E-state index contributed by atoms with van der Waals surface area (Å²) in [5.74, 6) is -1.41. The number of nitrogens with zero attached hydrogens (tertiary/aromatic N) is 6. The normalized spacial score (nSPS) is 14.6. The maximum absolute atomic E-state index is 12.5. The van der Waals surface area contributed by atoms with Crippen LogP contribution in [0.1, 0.15) is 5.56 Å². The summed E-state index contributed by atoms with van der Waals surface area (Å²) >= 11 is 1.65. The fourth-order valence-corrected chi connectivity index (χ4v) is 4.62.